The van der Waals surface area contributed by atoms with Gasteiger partial charge in [0.25, 0.3) is 0 Å². The summed E-state index contributed by atoms with van der Waals surface area (Å²) in [6, 6.07) is 5.69. The van der Waals surface area contributed by atoms with Crippen LogP contribution in [0.1, 0.15) is 24.6 Å². The van der Waals surface area contributed by atoms with Gasteiger partial charge >= 0.3 is 0 Å². The molecule has 0 bridgehead atoms. The van der Waals surface area contributed by atoms with Crippen molar-refractivity contribution in [1.29, 1.82) is 0 Å². The highest BCUT2D eigenvalue weighted by Crippen LogP contribution is 2.36. The van der Waals surface area contributed by atoms with Gasteiger partial charge in [-0.3, -0.25) is 10.00 Å². The molecule has 3 nitrogen and oxygen atoms in total. The second-order valence-corrected chi connectivity index (χ2v) is 5.94. The van der Waals surface area contributed by atoms with E-state index in [4.69, 9.17) is 23.2 Å². The Hall–Kier alpha value is -1.03. The van der Waals surface area contributed by atoms with Crippen molar-refractivity contribution in [1.82, 2.24) is 15.1 Å². The van der Waals surface area contributed by atoms with Crippen LogP contribution in [0.5, 0.6) is 0 Å². The Morgan fingerprint density at radius 3 is 3.00 bits per heavy atom. The lowest BCUT2D eigenvalue weighted by molar-refractivity contribution is 0.254. The van der Waals surface area contributed by atoms with Crippen molar-refractivity contribution < 1.29 is 0 Å². The Morgan fingerprint density at radius 2 is 2.20 bits per heavy atom. The molecular formula is C15H17Cl2N3. The number of hydrogen-bond acceptors (Lipinski definition) is 2. The number of aromatic nitrogens is 2. The van der Waals surface area contributed by atoms with Gasteiger partial charge in [-0.1, -0.05) is 42.3 Å². The second kappa shape index (κ2) is 5.76. The van der Waals surface area contributed by atoms with Crippen molar-refractivity contribution in [2.75, 3.05) is 13.1 Å². The number of aromatic amines is 1. The van der Waals surface area contributed by atoms with Crippen LogP contribution in [0.25, 0.3) is 11.3 Å². The SMILES string of the molecule is CCCN1CCc2[nH]nc(-c3cccc(Cl)c3Cl)c2C1. The first-order valence-corrected chi connectivity index (χ1v) is 7.69. The highest BCUT2D eigenvalue weighted by Gasteiger charge is 2.23. The van der Waals surface area contributed by atoms with Gasteiger partial charge in [0.05, 0.1) is 15.7 Å². The first-order valence-electron chi connectivity index (χ1n) is 6.93. The lowest BCUT2D eigenvalue weighted by Crippen LogP contribution is -2.31. The predicted molar refractivity (Wildman–Crippen MR) is 83.3 cm³/mol. The molecular weight excluding hydrogens is 293 g/mol. The first-order chi connectivity index (χ1) is 9.70. The molecule has 0 fully saturated rings. The molecule has 0 aliphatic carbocycles. The minimum absolute atomic E-state index is 0.571. The van der Waals surface area contributed by atoms with Crippen molar-refractivity contribution in [2.24, 2.45) is 0 Å². The molecule has 2 aromatic rings. The van der Waals surface area contributed by atoms with Crippen LogP contribution in [0.15, 0.2) is 18.2 Å². The molecule has 1 aromatic carbocycles. The van der Waals surface area contributed by atoms with E-state index in [2.05, 4.69) is 22.0 Å². The molecule has 5 heteroatoms. The van der Waals surface area contributed by atoms with Gasteiger partial charge in [0.1, 0.15) is 0 Å². The van der Waals surface area contributed by atoms with E-state index in [0.717, 1.165) is 37.3 Å². The van der Waals surface area contributed by atoms with Gasteiger partial charge in [-0.2, -0.15) is 5.10 Å². The van der Waals surface area contributed by atoms with Crippen molar-refractivity contribution in [3.63, 3.8) is 0 Å². The molecule has 0 saturated carbocycles. The second-order valence-electron chi connectivity index (χ2n) is 5.16. The maximum absolute atomic E-state index is 6.33. The maximum Gasteiger partial charge on any atom is 0.0984 e. The van der Waals surface area contributed by atoms with Crippen LogP contribution in [-0.4, -0.2) is 28.2 Å². The molecule has 1 aliphatic heterocycles. The fourth-order valence-corrected chi connectivity index (χ4v) is 3.16. The van der Waals surface area contributed by atoms with Gasteiger partial charge in [-0.05, 0) is 19.0 Å². The Morgan fingerprint density at radius 1 is 1.35 bits per heavy atom. The number of rotatable bonds is 3. The van der Waals surface area contributed by atoms with E-state index >= 15 is 0 Å². The summed E-state index contributed by atoms with van der Waals surface area (Å²) in [4.78, 5) is 2.46. The van der Waals surface area contributed by atoms with Crippen molar-refractivity contribution >= 4 is 23.2 Å². The summed E-state index contributed by atoms with van der Waals surface area (Å²) in [5.74, 6) is 0. The third-order valence-electron chi connectivity index (χ3n) is 3.76. The van der Waals surface area contributed by atoms with Gasteiger partial charge in [0.15, 0.2) is 0 Å². The number of nitrogens with zero attached hydrogens (tertiary/aromatic N) is 2. The monoisotopic (exact) mass is 309 g/mol. The van der Waals surface area contributed by atoms with Gasteiger partial charge in [0, 0.05) is 36.3 Å². The molecule has 0 saturated heterocycles. The van der Waals surface area contributed by atoms with Crippen molar-refractivity contribution in [3.05, 3.63) is 39.5 Å². The quantitative estimate of drug-likeness (QED) is 0.923. The predicted octanol–water partition coefficient (Wildman–Crippen LogP) is 4.15. The smallest absolute Gasteiger partial charge is 0.0984 e. The van der Waals surface area contributed by atoms with E-state index in [0.29, 0.717) is 10.0 Å². The Bertz CT molecular complexity index is 622. The summed E-state index contributed by atoms with van der Waals surface area (Å²) in [5, 5.41) is 8.78. The lowest BCUT2D eigenvalue weighted by atomic mass is 10.0. The van der Waals surface area contributed by atoms with Crippen LogP contribution in [-0.2, 0) is 13.0 Å². The standard InChI is InChI=1S/C15H17Cl2N3/c1-2-7-20-8-6-13-11(9-20)15(19-18-13)10-4-3-5-12(16)14(10)17/h3-5H,2,6-9H2,1H3,(H,18,19). The van der Waals surface area contributed by atoms with Crippen LogP contribution < -0.4 is 0 Å². The van der Waals surface area contributed by atoms with Crippen LogP contribution in [0.3, 0.4) is 0 Å². The molecule has 3 rings (SSSR count). The molecule has 106 valence electrons. The van der Waals surface area contributed by atoms with Crippen LogP contribution in [0, 0.1) is 0 Å². The van der Waals surface area contributed by atoms with Crippen molar-refractivity contribution in [2.45, 2.75) is 26.3 Å². The van der Waals surface area contributed by atoms with E-state index in [1.165, 1.54) is 17.7 Å². The summed E-state index contributed by atoms with van der Waals surface area (Å²) >= 11 is 12.4. The Kier molecular flexibility index (Phi) is 4.01. The molecule has 1 N–H and O–H groups in total. The van der Waals surface area contributed by atoms with Gasteiger partial charge < -0.3 is 0 Å². The Labute approximate surface area is 128 Å². The van der Waals surface area contributed by atoms with Gasteiger partial charge in [-0.15, -0.1) is 0 Å². The zero-order valence-corrected chi connectivity index (χ0v) is 12.9. The van der Waals surface area contributed by atoms with E-state index in [9.17, 15) is 0 Å². The fourth-order valence-electron chi connectivity index (χ4n) is 2.77. The molecule has 20 heavy (non-hydrogen) atoms. The minimum Gasteiger partial charge on any atom is -0.299 e. The average molecular weight is 310 g/mol. The zero-order valence-electron chi connectivity index (χ0n) is 11.4. The molecule has 0 unspecified atom stereocenters. The summed E-state index contributed by atoms with van der Waals surface area (Å²) in [7, 11) is 0. The molecule has 1 aliphatic rings. The van der Waals surface area contributed by atoms with Gasteiger partial charge in [0.2, 0.25) is 0 Å². The summed E-state index contributed by atoms with van der Waals surface area (Å²) in [6.45, 7) is 5.34. The van der Waals surface area contributed by atoms with E-state index in [-0.39, 0.29) is 0 Å². The third kappa shape index (κ3) is 2.46. The molecule has 0 amide bonds. The fraction of sp³-hybridized carbons (Fsp3) is 0.400. The van der Waals surface area contributed by atoms with E-state index in [1.54, 1.807) is 6.07 Å². The van der Waals surface area contributed by atoms with Crippen LogP contribution in [0.4, 0.5) is 0 Å². The largest absolute Gasteiger partial charge is 0.299 e. The molecule has 0 spiro atoms. The molecule has 2 heterocycles. The molecule has 0 atom stereocenters. The van der Waals surface area contributed by atoms with Crippen molar-refractivity contribution in [3.8, 4) is 11.3 Å². The highest BCUT2D eigenvalue weighted by molar-refractivity contribution is 6.43. The minimum atomic E-state index is 0.571. The topological polar surface area (TPSA) is 31.9 Å². The highest BCUT2D eigenvalue weighted by atomic mass is 35.5. The third-order valence-corrected chi connectivity index (χ3v) is 4.58. The maximum atomic E-state index is 6.33. The normalized spacial score (nSPS) is 15.3. The number of H-pyrrole nitrogens is 1. The zero-order chi connectivity index (χ0) is 14.1. The van der Waals surface area contributed by atoms with Gasteiger partial charge in [-0.25, -0.2) is 0 Å². The van der Waals surface area contributed by atoms with Crippen LogP contribution in [0.2, 0.25) is 10.0 Å². The average Bonchev–Trinajstić information content (AvgIpc) is 2.85. The number of nitrogens with one attached hydrogen (secondary N) is 1. The first kappa shape index (κ1) is 13.9. The van der Waals surface area contributed by atoms with Crippen LogP contribution >= 0.6 is 23.2 Å². The number of hydrogen-bond donors (Lipinski definition) is 1. The summed E-state index contributed by atoms with van der Waals surface area (Å²) < 4.78 is 0. The summed E-state index contributed by atoms with van der Waals surface area (Å²) in [5.41, 5.74) is 4.33. The summed E-state index contributed by atoms with van der Waals surface area (Å²) in [6.07, 6.45) is 2.18. The molecule has 1 aromatic heterocycles. The Balaban J connectivity index is 2.00. The molecule has 0 radical (unpaired) electrons. The number of fused-ring (bicyclic) bond motifs is 1. The van der Waals surface area contributed by atoms with E-state index < -0.39 is 0 Å². The lowest BCUT2D eigenvalue weighted by Gasteiger charge is -2.26. The number of benzene rings is 1. The van der Waals surface area contributed by atoms with E-state index in [1.807, 2.05) is 12.1 Å². The number of halogens is 2.